The van der Waals surface area contributed by atoms with Crippen LogP contribution in [0.15, 0.2) is 46.7 Å². The van der Waals surface area contributed by atoms with Gasteiger partial charge in [0.25, 0.3) is 0 Å². The number of rotatable bonds is 4. The summed E-state index contributed by atoms with van der Waals surface area (Å²) in [5, 5.41) is 3.48. The summed E-state index contributed by atoms with van der Waals surface area (Å²) in [6, 6.07) is 10.9. The second kappa shape index (κ2) is 8.48. The quantitative estimate of drug-likeness (QED) is 0.510. The third-order valence-electron chi connectivity index (χ3n) is 5.03. The van der Waals surface area contributed by atoms with Crippen LogP contribution in [0, 0.1) is 13.8 Å². The average molecular weight is 482 g/mol. The molecule has 158 valence electrons. The van der Waals surface area contributed by atoms with Crippen LogP contribution in [0.1, 0.15) is 11.1 Å². The molecule has 4 rings (SSSR count). The molecule has 30 heavy (non-hydrogen) atoms. The number of hydrogen-bond acceptors (Lipinski definition) is 5. The minimum Gasteiger partial charge on any atom is -0.345 e. The van der Waals surface area contributed by atoms with Gasteiger partial charge >= 0.3 is 0 Å². The molecule has 5 nitrogen and oxygen atoms in total. The van der Waals surface area contributed by atoms with Crippen molar-refractivity contribution in [1.29, 1.82) is 0 Å². The van der Waals surface area contributed by atoms with Gasteiger partial charge in [-0.2, -0.15) is 4.31 Å². The molecule has 0 saturated carbocycles. The molecule has 1 aromatic heterocycles. The van der Waals surface area contributed by atoms with E-state index in [9.17, 15) is 8.42 Å². The Morgan fingerprint density at radius 1 is 0.967 bits per heavy atom. The number of piperazine rings is 1. The molecular formula is C21H21Cl2N3O2S2. The zero-order valence-electron chi connectivity index (χ0n) is 16.6. The van der Waals surface area contributed by atoms with Gasteiger partial charge in [-0.1, -0.05) is 40.4 Å². The van der Waals surface area contributed by atoms with Crippen molar-refractivity contribution in [3.63, 3.8) is 0 Å². The van der Waals surface area contributed by atoms with Crippen LogP contribution in [-0.2, 0) is 10.0 Å². The lowest BCUT2D eigenvalue weighted by atomic mass is 10.1. The Morgan fingerprint density at radius 2 is 1.63 bits per heavy atom. The fourth-order valence-electron chi connectivity index (χ4n) is 3.60. The van der Waals surface area contributed by atoms with E-state index >= 15 is 0 Å². The van der Waals surface area contributed by atoms with Crippen molar-refractivity contribution < 1.29 is 8.42 Å². The number of nitrogens with zero attached hydrogens (tertiary/aromatic N) is 3. The summed E-state index contributed by atoms with van der Waals surface area (Å²) < 4.78 is 27.5. The average Bonchev–Trinajstić information content (AvgIpc) is 3.19. The Balaban J connectivity index is 1.49. The fourth-order valence-corrected chi connectivity index (χ4v) is 6.65. The lowest BCUT2D eigenvalue weighted by Gasteiger charge is -2.34. The molecule has 0 atom stereocenters. The van der Waals surface area contributed by atoms with Crippen molar-refractivity contribution in [3.8, 4) is 11.3 Å². The van der Waals surface area contributed by atoms with Gasteiger partial charge in [0.2, 0.25) is 10.0 Å². The second-order valence-corrected chi connectivity index (χ2v) is 10.9. The smallest absolute Gasteiger partial charge is 0.244 e. The third kappa shape index (κ3) is 4.36. The zero-order chi connectivity index (χ0) is 21.5. The predicted octanol–water partition coefficient (Wildman–Crippen LogP) is 5.24. The highest BCUT2D eigenvalue weighted by Gasteiger charge is 2.31. The summed E-state index contributed by atoms with van der Waals surface area (Å²) in [5.41, 5.74) is 4.46. The van der Waals surface area contributed by atoms with Crippen molar-refractivity contribution in [1.82, 2.24) is 9.29 Å². The van der Waals surface area contributed by atoms with Gasteiger partial charge in [0, 0.05) is 42.1 Å². The minimum atomic E-state index is -3.69. The molecule has 0 unspecified atom stereocenters. The maximum atomic E-state index is 13.0. The lowest BCUT2D eigenvalue weighted by molar-refractivity contribution is 0.385. The highest BCUT2D eigenvalue weighted by atomic mass is 35.5. The summed E-state index contributed by atoms with van der Waals surface area (Å²) >= 11 is 13.7. The molecule has 9 heteroatoms. The van der Waals surface area contributed by atoms with Crippen LogP contribution in [-0.4, -0.2) is 43.9 Å². The van der Waals surface area contributed by atoms with Crippen LogP contribution < -0.4 is 4.90 Å². The number of sulfonamides is 1. The Kier molecular flexibility index (Phi) is 6.10. The Hall–Kier alpha value is -1.64. The Bertz CT molecular complexity index is 1170. The van der Waals surface area contributed by atoms with E-state index in [1.807, 2.05) is 0 Å². The largest absolute Gasteiger partial charge is 0.345 e. The topological polar surface area (TPSA) is 53.5 Å². The van der Waals surface area contributed by atoms with E-state index in [2.05, 4.69) is 42.3 Å². The van der Waals surface area contributed by atoms with Gasteiger partial charge in [0.1, 0.15) is 4.90 Å². The molecule has 0 aliphatic carbocycles. The maximum Gasteiger partial charge on any atom is 0.244 e. The van der Waals surface area contributed by atoms with E-state index < -0.39 is 10.0 Å². The molecule has 1 saturated heterocycles. The summed E-state index contributed by atoms with van der Waals surface area (Å²) in [4.78, 5) is 6.98. The van der Waals surface area contributed by atoms with Crippen LogP contribution in [0.25, 0.3) is 11.3 Å². The number of anilines is 1. The third-order valence-corrected chi connectivity index (χ3v) is 8.55. The first-order valence-electron chi connectivity index (χ1n) is 9.48. The maximum absolute atomic E-state index is 13.0. The molecule has 1 aliphatic rings. The number of hydrogen-bond donors (Lipinski definition) is 0. The molecule has 0 spiro atoms. The van der Waals surface area contributed by atoms with Crippen LogP contribution in [0.5, 0.6) is 0 Å². The normalized spacial score (nSPS) is 15.5. The number of aryl methyl sites for hydroxylation is 2. The predicted molar refractivity (Wildman–Crippen MR) is 124 cm³/mol. The zero-order valence-corrected chi connectivity index (χ0v) is 19.7. The van der Waals surface area contributed by atoms with E-state index in [0.717, 1.165) is 16.4 Å². The Labute approximate surface area is 190 Å². The number of benzene rings is 2. The first-order valence-corrected chi connectivity index (χ1v) is 12.6. The van der Waals surface area contributed by atoms with Crippen LogP contribution in [0.3, 0.4) is 0 Å². The number of thiazole rings is 1. The summed E-state index contributed by atoms with van der Waals surface area (Å²) in [5.74, 6) is 0. The number of aromatic nitrogens is 1. The van der Waals surface area contributed by atoms with Gasteiger partial charge in [0.05, 0.1) is 10.7 Å². The van der Waals surface area contributed by atoms with Gasteiger partial charge < -0.3 is 4.90 Å². The van der Waals surface area contributed by atoms with Crippen molar-refractivity contribution >= 4 is 49.7 Å². The van der Waals surface area contributed by atoms with Crippen LogP contribution >= 0.6 is 34.5 Å². The molecule has 0 amide bonds. The first-order chi connectivity index (χ1) is 14.2. The van der Waals surface area contributed by atoms with E-state index in [1.165, 1.54) is 27.6 Å². The van der Waals surface area contributed by atoms with E-state index in [4.69, 9.17) is 28.2 Å². The van der Waals surface area contributed by atoms with Crippen LogP contribution in [0.2, 0.25) is 10.0 Å². The van der Waals surface area contributed by atoms with Crippen LogP contribution in [0.4, 0.5) is 5.13 Å². The molecule has 2 aromatic carbocycles. The molecule has 3 aromatic rings. The fraction of sp³-hybridized carbons (Fsp3) is 0.286. The van der Waals surface area contributed by atoms with Crippen molar-refractivity contribution in [3.05, 3.63) is 63.0 Å². The molecular weight excluding hydrogens is 461 g/mol. The van der Waals surface area contributed by atoms with Crippen molar-refractivity contribution in [2.45, 2.75) is 18.7 Å². The van der Waals surface area contributed by atoms with Crippen molar-refractivity contribution in [2.24, 2.45) is 0 Å². The monoisotopic (exact) mass is 481 g/mol. The van der Waals surface area contributed by atoms with Gasteiger partial charge in [-0.25, -0.2) is 13.4 Å². The van der Waals surface area contributed by atoms with Gasteiger partial charge in [0.15, 0.2) is 5.13 Å². The van der Waals surface area contributed by atoms with E-state index in [1.54, 1.807) is 17.4 Å². The second-order valence-electron chi connectivity index (χ2n) is 7.36. The molecule has 0 N–H and O–H groups in total. The highest BCUT2D eigenvalue weighted by Crippen LogP contribution is 2.31. The lowest BCUT2D eigenvalue weighted by Crippen LogP contribution is -2.48. The first kappa shape index (κ1) is 21.6. The van der Waals surface area contributed by atoms with E-state index in [-0.39, 0.29) is 9.92 Å². The van der Waals surface area contributed by atoms with Gasteiger partial charge in [-0.05, 0) is 44.2 Å². The molecule has 0 radical (unpaired) electrons. The van der Waals surface area contributed by atoms with Gasteiger partial charge in [-0.15, -0.1) is 11.3 Å². The SMILES string of the molecule is Cc1cc(C)cc(-c2csc(N3CCN(S(=O)(=O)c4cc(Cl)ccc4Cl)CC3)n2)c1. The summed E-state index contributed by atoms with van der Waals surface area (Å²) in [6.45, 7) is 6.02. The highest BCUT2D eigenvalue weighted by molar-refractivity contribution is 7.89. The van der Waals surface area contributed by atoms with Gasteiger partial charge in [-0.3, -0.25) is 0 Å². The summed E-state index contributed by atoms with van der Waals surface area (Å²) in [6.07, 6.45) is 0. The Morgan fingerprint density at radius 3 is 2.30 bits per heavy atom. The van der Waals surface area contributed by atoms with Crippen molar-refractivity contribution in [2.75, 3.05) is 31.1 Å². The molecule has 1 fully saturated rings. The molecule has 2 heterocycles. The molecule has 1 aliphatic heterocycles. The molecule has 0 bridgehead atoms. The number of halogens is 2. The van der Waals surface area contributed by atoms with E-state index in [0.29, 0.717) is 31.2 Å². The standard InChI is InChI=1S/C21H21Cl2N3O2S2/c1-14-9-15(2)11-16(10-14)19-13-29-21(24-19)25-5-7-26(8-6-25)30(27,28)20-12-17(22)3-4-18(20)23/h3-4,9-13H,5-8H2,1-2H3. The minimum absolute atomic E-state index is 0.0523. The summed E-state index contributed by atoms with van der Waals surface area (Å²) in [7, 11) is -3.69.